The van der Waals surface area contributed by atoms with Crippen molar-refractivity contribution < 1.29 is 19.8 Å². The molecular weight excluding hydrogens is 274 g/mol. The minimum Gasteiger partial charge on any atom is -0.493 e. The number of hydrogen-bond donors (Lipinski definition) is 3. The fraction of sp³-hybridized carbons (Fsp3) is 0.143. The van der Waals surface area contributed by atoms with Gasteiger partial charge >= 0.3 is 0 Å². The molecule has 110 valence electrons. The number of oxime groups is 1. The van der Waals surface area contributed by atoms with Crippen LogP contribution in [0.5, 0.6) is 17.2 Å². The Balaban J connectivity index is 2.39. The van der Waals surface area contributed by atoms with Gasteiger partial charge < -0.3 is 25.5 Å². The van der Waals surface area contributed by atoms with Crippen molar-refractivity contribution in [2.75, 3.05) is 7.11 Å². The predicted octanol–water partition coefficient (Wildman–Crippen LogP) is 1.47. The Morgan fingerprint density at radius 2 is 2.10 bits per heavy atom. The molecule has 0 atom stereocenters. The van der Waals surface area contributed by atoms with E-state index < -0.39 is 0 Å². The van der Waals surface area contributed by atoms with E-state index in [0.717, 1.165) is 0 Å². The van der Waals surface area contributed by atoms with E-state index in [1.54, 1.807) is 24.3 Å². The Morgan fingerprint density at radius 3 is 2.76 bits per heavy atom. The second-order valence-corrected chi connectivity index (χ2v) is 4.10. The molecule has 0 bridgehead atoms. The summed E-state index contributed by atoms with van der Waals surface area (Å²) in [7, 11) is 1.50. The average Bonchev–Trinajstić information content (AvgIpc) is 2.55. The number of aliphatic hydroxyl groups is 1. The number of rotatable bonds is 5. The summed E-state index contributed by atoms with van der Waals surface area (Å²) < 4.78 is 10.9. The molecule has 21 heavy (non-hydrogen) atoms. The molecule has 0 aliphatic rings. The first kappa shape index (κ1) is 14.6. The molecular formula is C14H15N3O4. The third kappa shape index (κ3) is 3.21. The lowest BCUT2D eigenvalue weighted by Crippen LogP contribution is -2.14. The van der Waals surface area contributed by atoms with E-state index in [1.165, 1.54) is 19.5 Å². The highest BCUT2D eigenvalue weighted by Gasteiger charge is 2.12. The summed E-state index contributed by atoms with van der Waals surface area (Å²) in [5, 5.41) is 20.9. The van der Waals surface area contributed by atoms with Crippen molar-refractivity contribution in [2.24, 2.45) is 10.9 Å². The molecule has 0 spiro atoms. The van der Waals surface area contributed by atoms with Crippen LogP contribution in [0, 0.1) is 0 Å². The normalized spacial score (nSPS) is 11.2. The molecule has 0 aliphatic heterocycles. The number of pyridine rings is 1. The monoisotopic (exact) mass is 289 g/mol. The van der Waals surface area contributed by atoms with E-state index in [9.17, 15) is 0 Å². The molecule has 7 nitrogen and oxygen atoms in total. The highest BCUT2D eigenvalue weighted by molar-refractivity contribution is 5.99. The number of amidine groups is 1. The van der Waals surface area contributed by atoms with Gasteiger partial charge in [0.1, 0.15) is 0 Å². The molecule has 0 saturated heterocycles. The lowest BCUT2D eigenvalue weighted by atomic mass is 10.2. The van der Waals surface area contributed by atoms with Crippen LogP contribution in [0.25, 0.3) is 0 Å². The summed E-state index contributed by atoms with van der Waals surface area (Å²) in [6.45, 7) is -0.0983. The summed E-state index contributed by atoms with van der Waals surface area (Å²) in [5.41, 5.74) is 6.69. The lowest BCUT2D eigenvalue weighted by Gasteiger charge is -2.13. The van der Waals surface area contributed by atoms with Gasteiger partial charge in [0.15, 0.2) is 23.1 Å². The molecule has 0 amide bonds. The van der Waals surface area contributed by atoms with Crippen LogP contribution in [0.4, 0.5) is 0 Å². The van der Waals surface area contributed by atoms with Crippen LogP contribution in [0.3, 0.4) is 0 Å². The van der Waals surface area contributed by atoms with Gasteiger partial charge in [-0.05, 0) is 23.8 Å². The minimum atomic E-state index is -0.0983. The van der Waals surface area contributed by atoms with Crippen molar-refractivity contribution in [1.82, 2.24) is 4.98 Å². The Labute approximate surface area is 121 Å². The summed E-state index contributed by atoms with van der Waals surface area (Å²) in [6, 6.07) is 6.60. The molecule has 0 radical (unpaired) electrons. The van der Waals surface area contributed by atoms with Gasteiger partial charge in [-0.15, -0.1) is 0 Å². The van der Waals surface area contributed by atoms with Gasteiger partial charge in [-0.1, -0.05) is 11.2 Å². The molecule has 2 rings (SSSR count). The fourth-order valence-electron chi connectivity index (χ4n) is 1.74. The van der Waals surface area contributed by atoms with E-state index in [2.05, 4.69) is 10.1 Å². The molecule has 1 heterocycles. The third-order valence-electron chi connectivity index (χ3n) is 2.80. The van der Waals surface area contributed by atoms with Gasteiger partial charge in [0, 0.05) is 6.20 Å². The molecule has 0 unspecified atom stereocenters. The third-order valence-corrected chi connectivity index (χ3v) is 2.80. The second-order valence-electron chi connectivity index (χ2n) is 4.10. The molecule has 4 N–H and O–H groups in total. The second kappa shape index (κ2) is 6.58. The van der Waals surface area contributed by atoms with Crippen molar-refractivity contribution in [1.29, 1.82) is 0 Å². The average molecular weight is 289 g/mol. The number of aromatic nitrogens is 1. The van der Waals surface area contributed by atoms with E-state index in [-0.39, 0.29) is 12.4 Å². The minimum absolute atomic E-state index is 0.0849. The zero-order chi connectivity index (χ0) is 15.2. The van der Waals surface area contributed by atoms with Gasteiger partial charge in [0.25, 0.3) is 0 Å². The van der Waals surface area contributed by atoms with Crippen molar-refractivity contribution >= 4 is 5.84 Å². The predicted molar refractivity (Wildman–Crippen MR) is 75.7 cm³/mol. The van der Waals surface area contributed by atoms with Crippen molar-refractivity contribution in [3.8, 4) is 17.2 Å². The molecule has 0 aliphatic carbocycles. The molecule has 0 fully saturated rings. The molecule has 7 heteroatoms. The number of ether oxygens (including phenoxy) is 2. The summed E-state index contributed by atoms with van der Waals surface area (Å²) in [4.78, 5) is 3.95. The molecule has 0 saturated carbocycles. The van der Waals surface area contributed by atoms with Gasteiger partial charge in [-0.2, -0.15) is 0 Å². The van der Waals surface area contributed by atoms with Crippen LogP contribution in [0.15, 0.2) is 41.8 Å². The first-order valence-corrected chi connectivity index (χ1v) is 6.07. The number of aliphatic hydroxyl groups excluding tert-OH is 1. The van der Waals surface area contributed by atoms with Gasteiger partial charge in [-0.3, -0.25) is 4.98 Å². The van der Waals surface area contributed by atoms with Crippen LogP contribution >= 0.6 is 0 Å². The Hall–Kier alpha value is -2.80. The van der Waals surface area contributed by atoms with Gasteiger partial charge in [0.2, 0.25) is 0 Å². The summed E-state index contributed by atoms with van der Waals surface area (Å²) in [6.07, 6.45) is 2.96. The fourth-order valence-corrected chi connectivity index (χ4v) is 1.74. The Bertz CT molecular complexity index is 658. The highest BCUT2D eigenvalue weighted by Crippen LogP contribution is 2.33. The standard InChI is InChI=1S/C14H15N3O4/c1-20-12-6-9(8-18)2-3-11(12)21-13-7-16-5-4-10(13)14(15)17-19/h2-7,18-19H,8H2,1H3,(H2,15,17). The number of hydrogen-bond acceptors (Lipinski definition) is 6. The van der Waals surface area contributed by atoms with E-state index in [4.69, 9.17) is 25.5 Å². The number of nitrogens with zero attached hydrogens (tertiary/aromatic N) is 2. The summed E-state index contributed by atoms with van der Waals surface area (Å²) in [5.74, 6) is 1.12. The SMILES string of the molecule is COc1cc(CO)ccc1Oc1cnccc1/C(N)=N/O. The van der Waals surface area contributed by atoms with Crippen molar-refractivity contribution in [3.63, 3.8) is 0 Å². The zero-order valence-corrected chi connectivity index (χ0v) is 11.4. The van der Waals surface area contributed by atoms with Gasteiger partial charge in [-0.25, -0.2) is 0 Å². The van der Waals surface area contributed by atoms with Crippen molar-refractivity contribution in [3.05, 3.63) is 47.8 Å². The maximum Gasteiger partial charge on any atom is 0.173 e. The van der Waals surface area contributed by atoms with Crippen LogP contribution in [0.2, 0.25) is 0 Å². The van der Waals surface area contributed by atoms with Crippen molar-refractivity contribution in [2.45, 2.75) is 6.61 Å². The Morgan fingerprint density at radius 1 is 1.29 bits per heavy atom. The number of benzene rings is 1. The maximum atomic E-state index is 9.12. The first-order chi connectivity index (χ1) is 10.2. The molecule has 1 aromatic heterocycles. The maximum absolute atomic E-state index is 9.12. The van der Waals surface area contributed by atoms with E-state index >= 15 is 0 Å². The zero-order valence-electron chi connectivity index (χ0n) is 11.4. The van der Waals surface area contributed by atoms with E-state index in [1.807, 2.05) is 0 Å². The molecule has 1 aromatic carbocycles. The van der Waals surface area contributed by atoms with E-state index in [0.29, 0.717) is 28.4 Å². The van der Waals surface area contributed by atoms with Crippen LogP contribution < -0.4 is 15.2 Å². The molecule has 2 aromatic rings. The van der Waals surface area contributed by atoms with Crippen LogP contribution in [0.1, 0.15) is 11.1 Å². The lowest BCUT2D eigenvalue weighted by molar-refractivity contribution is 0.280. The van der Waals surface area contributed by atoms with Gasteiger partial charge in [0.05, 0.1) is 25.5 Å². The Kier molecular flexibility index (Phi) is 4.57. The van der Waals surface area contributed by atoms with Crippen LogP contribution in [-0.4, -0.2) is 28.2 Å². The smallest absolute Gasteiger partial charge is 0.173 e. The quantitative estimate of drug-likeness (QED) is 0.333. The largest absolute Gasteiger partial charge is 0.493 e. The van der Waals surface area contributed by atoms with Crippen LogP contribution in [-0.2, 0) is 6.61 Å². The summed E-state index contributed by atoms with van der Waals surface area (Å²) >= 11 is 0. The topological polar surface area (TPSA) is 110 Å². The first-order valence-electron chi connectivity index (χ1n) is 6.07. The number of nitrogens with two attached hydrogens (primary N) is 1. The number of methoxy groups -OCH3 is 1. The highest BCUT2D eigenvalue weighted by atomic mass is 16.5.